The van der Waals surface area contributed by atoms with E-state index in [0.29, 0.717) is 18.2 Å². The van der Waals surface area contributed by atoms with Gasteiger partial charge in [0.2, 0.25) is 0 Å². The van der Waals surface area contributed by atoms with Crippen LogP contribution in [0.1, 0.15) is 72.1 Å². The Balaban J connectivity index is 2.18. The molecular weight excluding hydrogens is 210 g/mol. The summed E-state index contributed by atoms with van der Waals surface area (Å²) in [4.78, 5) is 0. The molecule has 0 aromatic heterocycles. The van der Waals surface area contributed by atoms with Crippen molar-refractivity contribution >= 4 is 0 Å². The molecule has 1 rings (SSSR count). The molecule has 1 saturated heterocycles. The molecule has 0 spiro atoms. The van der Waals surface area contributed by atoms with Crippen LogP contribution in [0.15, 0.2) is 0 Å². The summed E-state index contributed by atoms with van der Waals surface area (Å²) in [5, 5.41) is 3.61. The lowest BCUT2D eigenvalue weighted by atomic mass is 10.00. The summed E-state index contributed by atoms with van der Waals surface area (Å²) >= 11 is 0. The van der Waals surface area contributed by atoms with Gasteiger partial charge in [0, 0.05) is 6.04 Å². The fraction of sp³-hybridized carbons (Fsp3) is 1.00. The third-order valence-electron chi connectivity index (χ3n) is 3.80. The molecule has 0 aromatic carbocycles. The quantitative estimate of drug-likeness (QED) is 0.618. The summed E-state index contributed by atoms with van der Waals surface area (Å²) in [5.74, 6) is 0. The number of ether oxygens (including phenoxy) is 1. The van der Waals surface area contributed by atoms with E-state index in [0.717, 1.165) is 6.54 Å². The number of likely N-dealkylation sites (N-methyl/N-ethyl adjacent to an activating group) is 1. The van der Waals surface area contributed by atoms with Gasteiger partial charge in [-0.15, -0.1) is 0 Å². The minimum Gasteiger partial charge on any atom is -0.374 e. The van der Waals surface area contributed by atoms with Gasteiger partial charge in [-0.3, -0.25) is 0 Å². The zero-order valence-electron chi connectivity index (χ0n) is 12.0. The molecule has 102 valence electrons. The van der Waals surface area contributed by atoms with Crippen molar-refractivity contribution in [3.05, 3.63) is 0 Å². The van der Waals surface area contributed by atoms with Crippen LogP contribution in [0, 0.1) is 0 Å². The van der Waals surface area contributed by atoms with Crippen molar-refractivity contribution in [3.63, 3.8) is 0 Å². The maximum absolute atomic E-state index is 5.99. The second kappa shape index (κ2) is 8.93. The van der Waals surface area contributed by atoms with E-state index >= 15 is 0 Å². The van der Waals surface area contributed by atoms with E-state index in [9.17, 15) is 0 Å². The number of hydrogen-bond acceptors (Lipinski definition) is 2. The topological polar surface area (TPSA) is 21.3 Å². The molecule has 2 heteroatoms. The van der Waals surface area contributed by atoms with E-state index < -0.39 is 0 Å². The Hall–Kier alpha value is -0.0800. The second-order valence-corrected chi connectivity index (χ2v) is 5.43. The molecule has 0 radical (unpaired) electrons. The van der Waals surface area contributed by atoms with Gasteiger partial charge in [-0.2, -0.15) is 0 Å². The predicted octanol–water partition coefficient (Wildman–Crippen LogP) is 3.89. The van der Waals surface area contributed by atoms with Gasteiger partial charge >= 0.3 is 0 Å². The minimum absolute atomic E-state index is 0.469. The van der Waals surface area contributed by atoms with E-state index in [2.05, 4.69) is 26.1 Å². The molecule has 0 bridgehead atoms. The van der Waals surface area contributed by atoms with Crippen molar-refractivity contribution in [2.75, 3.05) is 6.54 Å². The van der Waals surface area contributed by atoms with E-state index in [1.165, 1.54) is 51.4 Å². The largest absolute Gasteiger partial charge is 0.374 e. The van der Waals surface area contributed by atoms with Crippen molar-refractivity contribution in [1.82, 2.24) is 5.32 Å². The molecule has 1 heterocycles. The van der Waals surface area contributed by atoms with Crippen molar-refractivity contribution in [2.45, 2.75) is 90.4 Å². The van der Waals surface area contributed by atoms with Crippen LogP contribution in [0.5, 0.6) is 0 Å². The molecule has 1 aliphatic heterocycles. The zero-order valence-corrected chi connectivity index (χ0v) is 12.0. The first-order valence-corrected chi connectivity index (χ1v) is 7.66. The normalized spacial score (nSPS) is 26.3. The van der Waals surface area contributed by atoms with Gasteiger partial charge < -0.3 is 10.1 Å². The fourth-order valence-corrected chi connectivity index (χ4v) is 2.78. The first kappa shape index (κ1) is 15.0. The highest BCUT2D eigenvalue weighted by molar-refractivity contribution is 4.82. The van der Waals surface area contributed by atoms with Crippen LogP contribution in [-0.4, -0.2) is 24.8 Å². The molecule has 1 N–H and O–H groups in total. The highest BCUT2D eigenvalue weighted by Gasteiger charge is 2.28. The molecule has 0 aromatic rings. The first-order valence-electron chi connectivity index (χ1n) is 7.66. The van der Waals surface area contributed by atoms with E-state index in [-0.39, 0.29) is 0 Å². The Bertz CT molecular complexity index is 184. The fourth-order valence-electron chi connectivity index (χ4n) is 2.78. The number of unbranched alkanes of at least 4 members (excludes halogenated alkanes) is 4. The Morgan fingerprint density at radius 2 is 1.88 bits per heavy atom. The summed E-state index contributed by atoms with van der Waals surface area (Å²) in [6, 6.07) is 0.589. The summed E-state index contributed by atoms with van der Waals surface area (Å²) in [6.45, 7) is 7.73. The number of hydrogen-bond donors (Lipinski definition) is 1. The van der Waals surface area contributed by atoms with Crippen molar-refractivity contribution in [2.24, 2.45) is 0 Å². The molecule has 3 unspecified atom stereocenters. The van der Waals surface area contributed by atoms with E-state index in [1.807, 2.05) is 0 Å². The second-order valence-electron chi connectivity index (χ2n) is 5.43. The van der Waals surface area contributed by atoms with Crippen molar-refractivity contribution < 1.29 is 4.74 Å². The summed E-state index contributed by atoms with van der Waals surface area (Å²) in [5.41, 5.74) is 0. The van der Waals surface area contributed by atoms with Crippen LogP contribution in [0.2, 0.25) is 0 Å². The third-order valence-corrected chi connectivity index (χ3v) is 3.80. The van der Waals surface area contributed by atoms with Gasteiger partial charge in [0.25, 0.3) is 0 Å². The standard InChI is InChI=1S/C15H31NO/c1-4-6-7-8-9-10-14(16-5-2)15-12-11-13(3)17-15/h13-16H,4-12H2,1-3H3. The van der Waals surface area contributed by atoms with Crippen LogP contribution in [0.3, 0.4) is 0 Å². The van der Waals surface area contributed by atoms with Crippen LogP contribution >= 0.6 is 0 Å². The molecule has 1 fully saturated rings. The molecule has 0 aliphatic carbocycles. The molecule has 1 aliphatic rings. The average Bonchev–Trinajstić information content (AvgIpc) is 2.74. The lowest BCUT2D eigenvalue weighted by molar-refractivity contribution is 0.0298. The van der Waals surface area contributed by atoms with Gasteiger partial charge in [0.05, 0.1) is 12.2 Å². The maximum atomic E-state index is 5.99. The summed E-state index contributed by atoms with van der Waals surface area (Å²) in [6.07, 6.45) is 11.6. The summed E-state index contributed by atoms with van der Waals surface area (Å²) in [7, 11) is 0. The molecule has 17 heavy (non-hydrogen) atoms. The first-order chi connectivity index (χ1) is 8.27. The molecule has 0 amide bonds. The minimum atomic E-state index is 0.469. The van der Waals surface area contributed by atoms with Gasteiger partial charge in [-0.05, 0) is 32.7 Å². The Morgan fingerprint density at radius 1 is 1.12 bits per heavy atom. The highest BCUT2D eigenvalue weighted by Crippen LogP contribution is 2.24. The van der Waals surface area contributed by atoms with Gasteiger partial charge in [0.15, 0.2) is 0 Å². The van der Waals surface area contributed by atoms with Crippen LogP contribution < -0.4 is 5.32 Å². The maximum Gasteiger partial charge on any atom is 0.0732 e. The highest BCUT2D eigenvalue weighted by atomic mass is 16.5. The van der Waals surface area contributed by atoms with E-state index in [1.54, 1.807) is 0 Å². The Morgan fingerprint density at radius 3 is 2.47 bits per heavy atom. The average molecular weight is 241 g/mol. The molecule has 3 atom stereocenters. The molecule has 2 nitrogen and oxygen atoms in total. The van der Waals surface area contributed by atoms with Gasteiger partial charge in [-0.25, -0.2) is 0 Å². The van der Waals surface area contributed by atoms with Gasteiger partial charge in [-0.1, -0.05) is 46.0 Å². The Kier molecular flexibility index (Phi) is 7.87. The smallest absolute Gasteiger partial charge is 0.0732 e. The van der Waals surface area contributed by atoms with Crippen LogP contribution in [0.4, 0.5) is 0 Å². The lowest BCUT2D eigenvalue weighted by Gasteiger charge is -2.24. The third kappa shape index (κ3) is 5.87. The van der Waals surface area contributed by atoms with E-state index in [4.69, 9.17) is 4.74 Å². The Labute approximate surface area is 108 Å². The number of rotatable bonds is 9. The van der Waals surface area contributed by atoms with Crippen LogP contribution in [0.25, 0.3) is 0 Å². The van der Waals surface area contributed by atoms with Crippen LogP contribution in [-0.2, 0) is 4.74 Å². The predicted molar refractivity (Wildman–Crippen MR) is 74.4 cm³/mol. The van der Waals surface area contributed by atoms with Gasteiger partial charge in [0.1, 0.15) is 0 Å². The lowest BCUT2D eigenvalue weighted by Crippen LogP contribution is -2.39. The van der Waals surface area contributed by atoms with Crippen molar-refractivity contribution in [3.8, 4) is 0 Å². The molecule has 0 saturated carbocycles. The van der Waals surface area contributed by atoms with Crippen molar-refractivity contribution in [1.29, 1.82) is 0 Å². The number of nitrogens with one attached hydrogen (secondary N) is 1. The zero-order chi connectivity index (χ0) is 12.5. The monoisotopic (exact) mass is 241 g/mol. The SMILES string of the molecule is CCCCCCCC(NCC)C1CCC(C)O1. The molecular formula is C15H31NO. The summed E-state index contributed by atoms with van der Waals surface area (Å²) < 4.78 is 5.99.